The van der Waals surface area contributed by atoms with Gasteiger partial charge in [0.1, 0.15) is 5.75 Å². The maximum atomic E-state index is 12.3. The zero-order valence-electron chi connectivity index (χ0n) is 13.8. The van der Waals surface area contributed by atoms with E-state index in [2.05, 4.69) is 11.4 Å². The number of hydrogen-bond donors (Lipinski definition) is 1. The van der Waals surface area contributed by atoms with Crippen molar-refractivity contribution in [3.05, 3.63) is 64.2 Å². The molecule has 0 fully saturated rings. The SMILES string of the molecule is C[C@H](Oc1cccc2c1CCCC2)C(=O)NCc1ccc(Cl)cc1. The molecule has 1 aliphatic rings. The van der Waals surface area contributed by atoms with Crippen LogP contribution in [0.4, 0.5) is 0 Å². The minimum atomic E-state index is -0.522. The van der Waals surface area contributed by atoms with Gasteiger partial charge in [-0.15, -0.1) is 0 Å². The van der Waals surface area contributed by atoms with Crippen LogP contribution < -0.4 is 10.1 Å². The topological polar surface area (TPSA) is 38.3 Å². The van der Waals surface area contributed by atoms with Crippen molar-refractivity contribution in [2.45, 2.75) is 45.3 Å². The Morgan fingerprint density at radius 3 is 2.71 bits per heavy atom. The minimum Gasteiger partial charge on any atom is -0.481 e. The van der Waals surface area contributed by atoms with Gasteiger partial charge in [-0.25, -0.2) is 0 Å². The van der Waals surface area contributed by atoms with Crippen LogP contribution in [-0.2, 0) is 24.2 Å². The van der Waals surface area contributed by atoms with E-state index in [1.165, 1.54) is 24.0 Å². The molecule has 0 aromatic heterocycles. The average molecular weight is 344 g/mol. The lowest BCUT2D eigenvalue weighted by atomic mass is 9.91. The van der Waals surface area contributed by atoms with Crippen molar-refractivity contribution in [1.29, 1.82) is 0 Å². The lowest BCUT2D eigenvalue weighted by molar-refractivity contribution is -0.127. The zero-order valence-corrected chi connectivity index (χ0v) is 14.6. The van der Waals surface area contributed by atoms with Crippen molar-refractivity contribution in [2.75, 3.05) is 0 Å². The molecule has 0 bridgehead atoms. The summed E-state index contributed by atoms with van der Waals surface area (Å²) in [7, 11) is 0. The molecule has 24 heavy (non-hydrogen) atoms. The number of benzene rings is 2. The van der Waals surface area contributed by atoms with Gasteiger partial charge in [-0.2, -0.15) is 0 Å². The molecule has 1 N–H and O–H groups in total. The molecule has 0 saturated carbocycles. The number of ether oxygens (including phenoxy) is 1. The molecule has 1 aliphatic carbocycles. The first-order chi connectivity index (χ1) is 11.6. The second kappa shape index (κ2) is 7.71. The van der Waals surface area contributed by atoms with Gasteiger partial charge in [-0.05, 0) is 67.5 Å². The molecular formula is C20H22ClNO2. The lowest BCUT2D eigenvalue weighted by Gasteiger charge is -2.22. The summed E-state index contributed by atoms with van der Waals surface area (Å²) in [6.45, 7) is 2.26. The van der Waals surface area contributed by atoms with Crippen LogP contribution in [0.25, 0.3) is 0 Å². The minimum absolute atomic E-state index is 0.113. The van der Waals surface area contributed by atoms with Crippen LogP contribution in [0.15, 0.2) is 42.5 Å². The number of carbonyl (C=O) groups excluding carboxylic acids is 1. The van der Waals surface area contributed by atoms with Gasteiger partial charge in [0.15, 0.2) is 6.10 Å². The van der Waals surface area contributed by atoms with E-state index in [1.807, 2.05) is 36.4 Å². The van der Waals surface area contributed by atoms with E-state index < -0.39 is 6.10 Å². The maximum Gasteiger partial charge on any atom is 0.261 e. The van der Waals surface area contributed by atoms with E-state index >= 15 is 0 Å². The third-order valence-corrected chi connectivity index (χ3v) is 4.66. The number of rotatable bonds is 5. The predicted molar refractivity (Wildman–Crippen MR) is 96.5 cm³/mol. The van der Waals surface area contributed by atoms with E-state index in [1.54, 1.807) is 6.92 Å². The number of aryl methyl sites for hydroxylation is 1. The number of halogens is 1. The highest BCUT2D eigenvalue weighted by Gasteiger charge is 2.19. The monoisotopic (exact) mass is 343 g/mol. The van der Waals surface area contributed by atoms with Crippen molar-refractivity contribution in [1.82, 2.24) is 5.32 Å². The van der Waals surface area contributed by atoms with Gasteiger partial charge in [0.25, 0.3) is 5.91 Å². The molecule has 0 spiro atoms. The fourth-order valence-electron chi connectivity index (χ4n) is 3.04. The van der Waals surface area contributed by atoms with E-state index in [-0.39, 0.29) is 5.91 Å². The Kier molecular flexibility index (Phi) is 5.41. The summed E-state index contributed by atoms with van der Waals surface area (Å²) in [6.07, 6.45) is 4.03. The Morgan fingerprint density at radius 2 is 1.92 bits per heavy atom. The fourth-order valence-corrected chi connectivity index (χ4v) is 3.16. The first-order valence-corrected chi connectivity index (χ1v) is 8.81. The maximum absolute atomic E-state index is 12.3. The van der Waals surface area contributed by atoms with Gasteiger partial charge in [0, 0.05) is 11.6 Å². The predicted octanol–water partition coefficient (Wildman–Crippen LogP) is 4.30. The van der Waals surface area contributed by atoms with Gasteiger partial charge in [-0.1, -0.05) is 35.9 Å². The van der Waals surface area contributed by atoms with Gasteiger partial charge >= 0.3 is 0 Å². The van der Waals surface area contributed by atoms with Crippen LogP contribution in [0.5, 0.6) is 5.75 Å². The summed E-state index contributed by atoms with van der Waals surface area (Å²) < 4.78 is 5.95. The molecule has 3 nitrogen and oxygen atoms in total. The summed E-state index contributed by atoms with van der Waals surface area (Å²) in [4.78, 5) is 12.3. The first kappa shape index (κ1) is 16.8. The van der Waals surface area contributed by atoms with Crippen LogP contribution in [0.2, 0.25) is 5.02 Å². The fraction of sp³-hybridized carbons (Fsp3) is 0.350. The Morgan fingerprint density at radius 1 is 1.17 bits per heavy atom. The standard InChI is InChI=1S/C20H22ClNO2/c1-14(20(23)22-13-15-9-11-17(21)12-10-15)24-19-8-4-6-16-5-2-3-7-18(16)19/h4,6,8-12,14H,2-3,5,7,13H2,1H3,(H,22,23)/t14-/m0/s1. The summed E-state index contributed by atoms with van der Waals surface area (Å²) in [5, 5.41) is 3.60. The highest BCUT2D eigenvalue weighted by molar-refractivity contribution is 6.30. The molecule has 0 aliphatic heterocycles. The van der Waals surface area contributed by atoms with Gasteiger partial charge in [0.05, 0.1) is 0 Å². The van der Waals surface area contributed by atoms with Crippen molar-refractivity contribution < 1.29 is 9.53 Å². The lowest BCUT2D eigenvalue weighted by Crippen LogP contribution is -2.36. The van der Waals surface area contributed by atoms with Crippen LogP contribution in [-0.4, -0.2) is 12.0 Å². The van der Waals surface area contributed by atoms with Gasteiger partial charge < -0.3 is 10.1 Å². The van der Waals surface area contributed by atoms with Gasteiger partial charge in [-0.3, -0.25) is 4.79 Å². The molecule has 3 rings (SSSR count). The Hall–Kier alpha value is -2.00. The number of nitrogens with one attached hydrogen (secondary N) is 1. The number of carbonyl (C=O) groups is 1. The molecule has 0 radical (unpaired) electrons. The van der Waals surface area contributed by atoms with Crippen LogP contribution in [0.3, 0.4) is 0 Å². The van der Waals surface area contributed by atoms with Crippen LogP contribution in [0, 0.1) is 0 Å². The molecule has 0 heterocycles. The Bertz CT molecular complexity index is 712. The highest BCUT2D eigenvalue weighted by Crippen LogP contribution is 2.30. The summed E-state index contributed by atoms with van der Waals surface area (Å²) in [5.74, 6) is 0.736. The first-order valence-electron chi connectivity index (χ1n) is 8.43. The van der Waals surface area contributed by atoms with Crippen molar-refractivity contribution in [3.63, 3.8) is 0 Å². The smallest absolute Gasteiger partial charge is 0.261 e. The second-order valence-electron chi connectivity index (χ2n) is 6.21. The van der Waals surface area contributed by atoms with E-state index in [0.717, 1.165) is 24.2 Å². The Labute approximate surface area is 148 Å². The number of amides is 1. The van der Waals surface area contributed by atoms with E-state index in [9.17, 15) is 4.79 Å². The number of fused-ring (bicyclic) bond motifs is 1. The van der Waals surface area contributed by atoms with Crippen molar-refractivity contribution >= 4 is 17.5 Å². The molecule has 0 saturated heterocycles. The number of hydrogen-bond acceptors (Lipinski definition) is 2. The van der Waals surface area contributed by atoms with Crippen LogP contribution in [0.1, 0.15) is 36.5 Å². The zero-order chi connectivity index (χ0) is 16.9. The molecule has 1 atom stereocenters. The molecule has 2 aromatic carbocycles. The van der Waals surface area contributed by atoms with Crippen LogP contribution >= 0.6 is 11.6 Å². The molecular weight excluding hydrogens is 322 g/mol. The molecule has 126 valence electrons. The molecule has 1 amide bonds. The summed E-state index contributed by atoms with van der Waals surface area (Å²) >= 11 is 5.87. The molecule has 0 unspecified atom stereocenters. The van der Waals surface area contributed by atoms with Gasteiger partial charge in [0.2, 0.25) is 0 Å². The van der Waals surface area contributed by atoms with E-state index in [0.29, 0.717) is 11.6 Å². The summed E-state index contributed by atoms with van der Waals surface area (Å²) in [5.41, 5.74) is 3.63. The largest absolute Gasteiger partial charge is 0.481 e. The van der Waals surface area contributed by atoms with E-state index in [4.69, 9.17) is 16.3 Å². The highest BCUT2D eigenvalue weighted by atomic mass is 35.5. The van der Waals surface area contributed by atoms with Crippen molar-refractivity contribution in [2.24, 2.45) is 0 Å². The quantitative estimate of drug-likeness (QED) is 0.878. The second-order valence-corrected chi connectivity index (χ2v) is 6.64. The van der Waals surface area contributed by atoms with Crippen molar-refractivity contribution in [3.8, 4) is 5.75 Å². The molecule has 2 aromatic rings. The Balaban J connectivity index is 1.59. The average Bonchev–Trinajstić information content (AvgIpc) is 2.61. The molecule has 4 heteroatoms. The third kappa shape index (κ3) is 4.09. The normalized spacial score (nSPS) is 14.6. The third-order valence-electron chi connectivity index (χ3n) is 4.41. The summed E-state index contributed by atoms with van der Waals surface area (Å²) in [6, 6.07) is 13.6.